The summed E-state index contributed by atoms with van der Waals surface area (Å²) in [4.78, 5) is 36.1. The van der Waals surface area contributed by atoms with E-state index in [1.54, 1.807) is 0 Å². The molecule has 0 saturated carbocycles. The standard InChI is InChI=1S/C21H21N9O6/c1-35-18-7-6-17(30(33)34)12-14(18)13-22-27-20-24-19(23-15-2-4-16(5-3-15)29(31)32)25-21(26-20)28-8-10-36-11-9-28/h2-7,12-13H,8-11H2,1H3,(H2,23,24,25,26,27). The minimum Gasteiger partial charge on any atom is -0.496 e. The Labute approximate surface area is 204 Å². The number of ether oxygens (including phenoxy) is 2. The Balaban J connectivity index is 1.59. The van der Waals surface area contributed by atoms with E-state index in [1.807, 2.05) is 4.90 Å². The third-order valence-corrected chi connectivity index (χ3v) is 5.04. The van der Waals surface area contributed by atoms with E-state index in [-0.39, 0.29) is 23.3 Å². The van der Waals surface area contributed by atoms with Crippen LogP contribution in [-0.2, 0) is 4.74 Å². The number of aromatic nitrogens is 3. The normalized spacial score (nSPS) is 13.4. The fraction of sp³-hybridized carbons (Fsp3) is 0.238. The average Bonchev–Trinajstić information content (AvgIpc) is 2.89. The number of anilines is 4. The number of rotatable bonds is 9. The van der Waals surface area contributed by atoms with Gasteiger partial charge < -0.3 is 19.7 Å². The monoisotopic (exact) mass is 495 g/mol. The second-order valence-corrected chi connectivity index (χ2v) is 7.36. The van der Waals surface area contributed by atoms with Crippen molar-refractivity contribution >= 4 is 41.1 Å². The molecule has 1 aromatic heterocycles. The predicted molar refractivity (Wildman–Crippen MR) is 130 cm³/mol. The highest BCUT2D eigenvalue weighted by Crippen LogP contribution is 2.23. The lowest BCUT2D eigenvalue weighted by atomic mass is 10.2. The maximum atomic E-state index is 11.1. The molecule has 2 aromatic carbocycles. The summed E-state index contributed by atoms with van der Waals surface area (Å²) in [6, 6.07) is 9.95. The van der Waals surface area contributed by atoms with Gasteiger partial charge >= 0.3 is 0 Å². The van der Waals surface area contributed by atoms with Crippen LogP contribution in [0.2, 0.25) is 0 Å². The van der Waals surface area contributed by atoms with Crippen molar-refractivity contribution in [3.8, 4) is 5.75 Å². The molecule has 1 aliphatic heterocycles. The molecule has 0 unspecified atom stereocenters. The van der Waals surface area contributed by atoms with Gasteiger partial charge in [0, 0.05) is 48.6 Å². The second kappa shape index (κ2) is 11.0. The number of nitro groups is 2. The van der Waals surface area contributed by atoms with E-state index in [9.17, 15) is 20.2 Å². The summed E-state index contributed by atoms with van der Waals surface area (Å²) in [7, 11) is 1.45. The van der Waals surface area contributed by atoms with Crippen LogP contribution in [0.15, 0.2) is 47.6 Å². The summed E-state index contributed by atoms with van der Waals surface area (Å²) >= 11 is 0. The molecule has 0 aliphatic carbocycles. The molecule has 36 heavy (non-hydrogen) atoms. The third-order valence-electron chi connectivity index (χ3n) is 5.04. The van der Waals surface area contributed by atoms with Crippen molar-refractivity contribution in [3.63, 3.8) is 0 Å². The van der Waals surface area contributed by atoms with Gasteiger partial charge in [-0.25, -0.2) is 5.43 Å². The zero-order chi connectivity index (χ0) is 25.5. The fourth-order valence-corrected chi connectivity index (χ4v) is 3.27. The molecule has 2 N–H and O–H groups in total. The summed E-state index contributed by atoms with van der Waals surface area (Å²) in [5, 5.41) is 29.1. The van der Waals surface area contributed by atoms with Crippen molar-refractivity contribution in [3.05, 3.63) is 68.3 Å². The van der Waals surface area contributed by atoms with Gasteiger partial charge in [-0.15, -0.1) is 0 Å². The Morgan fingerprint density at radius 3 is 2.33 bits per heavy atom. The number of benzene rings is 2. The quantitative estimate of drug-likeness (QED) is 0.252. The number of non-ortho nitro benzene ring substituents is 2. The zero-order valence-corrected chi connectivity index (χ0v) is 19.0. The first kappa shape index (κ1) is 24.2. The number of nitrogens with zero attached hydrogens (tertiary/aromatic N) is 7. The van der Waals surface area contributed by atoms with Crippen molar-refractivity contribution in [2.24, 2.45) is 5.10 Å². The van der Waals surface area contributed by atoms with Crippen molar-refractivity contribution in [2.75, 3.05) is 49.1 Å². The average molecular weight is 495 g/mol. The summed E-state index contributed by atoms with van der Waals surface area (Å²) < 4.78 is 10.6. The summed E-state index contributed by atoms with van der Waals surface area (Å²) in [6.07, 6.45) is 1.35. The maximum Gasteiger partial charge on any atom is 0.270 e. The van der Waals surface area contributed by atoms with Crippen LogP contribution < -0.4 is 20.4 Å². The molecule has 0 spiro atoms. The lowest BCUT2D eigenvalue weighted by Crippen LogP contribution is -2.37. The van der Waals surface area contributed by atoms with Gasteiger partial charge in [0.05, 0.1) is 36.4 Å². The van der Waals surface area contributed by atoms with Gasteiger partial charge in [0.2, 0.25) is 17.8 Å². The highest BCUT2D eigenvalue weighted by Gasteiger charge is 2.17. The molecule has 15 nitrogen and oxygen atoms in total. The van der Waals surface area contributed by atoms with Gasteiger partial charge in [-0.1, -0.05) is 0 Å². The Morgan fingerprint density at radius 2 is 1.67 bits per heavy atom. The van der Waals surface area contributed by atoms with E-state index >= 15 is 0 Å². The molecule has 2 heterocycles. The van der Waals surface area contributed by atoms with Gasteiger partial charge in [-0.3, -0.25) is 20.2 Å². The van der Waals surface area contributed by atoms with Crippen molar-refractivity contribution in [2.45, 2.75) is 0 Å². The van der Waals surface area contributed by atoms with Crippen molar-refractivity contribution in [1.82, 2.24) is 15.0 Å². The van der Waals surface area contributed by atoms with E-state index < -0.39 is 9.85 Å². The first-order valence-corrected chi connectivity index (χ1v) is 10.6. The molecule has 0 radical (unpaired) electrons. The zero-order valence-electron chi connectivity index (χ0n) is 19.0. The first-order chi connectivity index (χ1) is 17.4. The van der Waals surface area contributed by atoms with Crippen LogP contribution in [0.25, 0.3) is 0 Å². The summed E-state index contributed by atoms with van der Waals surface area (Å²) in [5.41, 5.74) is 3.48. The van der Waals surface area contributed by atoms with E-state index in [0.717, 1.165) is 0 Å². The minimum atomic E-state index is -0.513. The summed E-state index contributed by atoms with van der Waals surface area (Å²) in [5.74, 6) is 1.07. The van der Waals surface area contributed by atoms with Gasteiger partial charge in [-0.2, -0.15) is 20.1 Å². The number of nitrogens with one attached hydrogen (secondary N) is 2. The fourth-order valence-electron chi connectivity index (χ4n) is 3.27. The molecule has 0 amide bonds. The van der Waals surface area contributed by atoms with Crippen molar-refractivity contribution in [1.29, 1.82) is 0 Å². The SMILES string of the molecule is COc1ccc([N+](=O)[O-])cc1C=NNc1nc(Nc2ccc([N+](=O)[O-])cc2)nc(N2CCOCC2)n1. The summed E-state index contributed by atoms with van der Waals surface area (Å²) in [6.45, 7) is 2.19. The number of nitro benzene ring substituents is 2. The number of morpholine rings is 1. The number of hydrogen-bond acceptors (Lipinski definition) is 13. The molecule has 0 atom stereocenters. The van der Waals surface area contributed by atoms with Gasteiger partial charge in [-0.05, 0) is 18.2 Å². The Kier molecular flexibility index (Phi) is 7.40. The third kappa shape index (κ3) is 5.95. The minimum absolute atomic E-state index is 0.0431. The molecule has 3 aromatic rings. The highest BCUT2D eigenvalue weighted by molar-refractivity contribution is 5.85. The lowest BCUT2D eigenvalue weighted by Gasteiger charge is -2.27. The van der Waals surface area contributed by atoms with E-state index in [1.165, 1.54) is 55.8 Å². The highest BCUT2D eigenvalue weighted by atomic mass is 16.6. The van der Waals surface area contributed by atoms with Crippen LogP contribution >= 0.6 is 0 Å². The van der Waals surface area contributed by atoms with Crippen LogP contribution in [-0.4, -0.2) is 64.4 Å². The van der Waals surface area contributed by atoms with Gasteiger partial charge in [0.25, 0.3) is 11.4 Å². The number of hydrogen-bond donors (Lipinski definition) is 2. The number of hydrazone groups is 1. The molecular formula is C21H21N9O6. The predicted octanol–water partition coefficient (Wildman–Crippen LogP) is 2.72. The molecular weight excluding hydrogens is 474 g/mol. The molecule has 1 aliphatic rings. The Hall–Kier alpha value is -4.92. The van der Waals surface area contributed by atoms with E-state index in [4.69, 9.17) is 9.47 Å². The molecule has 1 fully saturated rings. The van der Waals surface area contributed by atoms with Crippen LogP contribution in [0.3, 0.4) is 0 Å². The largest absolute Gasteiger partial charge is 0.496 e. The molecule has 15 heteroatoms. The molecule has 186 valence electrons. The van der Waals surface area contributed by atoms with E-state index in [0.29, 0.717) is 49.3 Å². The Bertz CT molecular complexity index is 1280. The van der Waals surface area contributed by atoms with Crippen molar-refractivity contribution < 1.29 is 19.3 Å². The molecule has 4 rings (SSSR count). The smallest absolute Gasteiger partial charge is 0.270 e. The van der Waals surface area contributed by atoms with Gasteiger partial charge in [0.1, 0.15) is 5.75 Å². The van der Waals surface area contributed by atoms with Crippen LogP contribution in [0.4, 0.5) is 34.9 Å². The Morgan fingerprint density at radius 1 is 1.00 bits per heavy atom. The van der Waals surface area contributed by atoms with Crippen LogP contribution in [0.5, 0.6) is 5.75 Å². The maximum absolute atomic E-state index is 11.1. The van der Waals surface area contributed by atoms with Crippen LogP contribution in [0.1, 0.15) is 5.56 Å². The number of methoxy groups -OCH3 is 1. The van der Waals surface area contributed by atoms with Crippen LogP contribution in [0, 0.1) is 20.2 Å². The molecule has 0 bridgehead atoms. The topological polar surface area (TPSA) is 183 Å². The van der Waals surface area contributed by atoms with Gasteiger partial charge in [0.15, 0.2) is 0 Å². The molecule has 1 saturated heterocycles. The van der Waals surface area contributed by atoms with E-state index in [2.05, 4.69) is 30.8 Å². The second-order valence-electron chi connectivity index (χ2n) is 7.36. The first-order valence-electron chi connectivity index (χ1n) is 10.6. The lowest BCUT2D eigenvalue weighted by molar-refractivity contribution is -0.385.